The number of allylic oxidation sites excluding steroid dienone is 1. The summed E-state index contributed by atoms with van der Waals surface area (Å²) < 4.78 is 0. The molecule has 0 saturated carbocycles. The van der Waals surface area contributed by atoms with Gasteiger partial charge in [0, 0.05) is 15.2 Å². The van der Waals surface area contributed by atoms with Gasteiger partial charge in [0.2, 0.25) is 0 Å². The fourth-order valence-electron chi connectivity index (χ4n) is 3.24. The highest BCUT2D eigenvalue weighted by Gasteiger charge is 2.52. The van der Waals surface area contributed by atoms with Crippen LogP contribution in [0.1, 0.15) is 12.8 Å². The Morgan fingerprint density at radius 1 is 0.929 bits per heavy atom. The molecule has 0 aromatic rings. The van der Waals surface area contributed by atoms with Crippen LogP contribution in [0.5, 0.6) is 0 Å². The zero-order chi connectivity index (χ0) is 11.0. The molecule has 1 aliphatic heterocycles. The molecule has 0 radical (unpaired) electrons. The van der Waals surface area contributed by atoms with Gasteiger partial charge in [-0.25, -0.2) is 0 Å². The molecule has 0 atom stereocenters. The predicted octanol–water partition coefficient (Wildman–Crippen LogP) is 4.16. The van der Waals surface area contributed by atoms with Gasteiger partial charge in [-0.3, -0.25) is 0 Å². The lowest BCUT2D eigenvalue weighted by atomic mass is 10.3. The van der Waals surface area contributed by atoms with Crippen LogP contribution in [0.3, 0.4) is 0 Å². The number of hydrogen-bond donors (Lipinski definition) is 0. The highest BCUT2D eigenvalue weighted by atomic mass is 29.6. The zero-order valence-electron chi connectivity index (χ0n) is 10.8. The molecule has 0 spiro atoms. The Kier molecular flexibility index (Phi) is 3.34. The van der Waals surface area contributed by atoms with E-state index in [0.717, 1.165) is 0 Å². The lowest BCUT2D eigenvalue weighted by Gasteiger charge is -2.50. The normalized spacial score (nSPS) is 22.4. The Bertz CT molecular complexity index is 216. The highest BCUT2D eigenvalue weighted by Crippen LogP contribution is 2.37. The third kappa shape index (κ3) is 1.99. The molecule has 1 aliphatic rings. The van der Waals surface area contributed by atoms with Crippen LogP contribution >= 0.6 is 0 Å². The Labute approximate surface area is 92.4 Å². The van der Waals surface area contributed by atoms with Gasteiger partial charge in [0.15, 0.2) is 0 Å². The fraction of sp³-hybridized carbons (Fsp3) is 0.818. The molecule has 0 aromatic heterocycles. The molecule has 82 valence electrons. The van der Waals surface area contributed by atoms with Crippen molar-refractivity contribution in [3.8, 4) is 0 Å². The van der Waals surface area contributed by atoms with Gasteiger partial charge in [-0.2, -0.15) is 0 Å². The van der Waals surface area contributed by atoms with Crippen molar-refractivity contribution in [3.63, 3.8) is 0 Å². The van der Waals surface area contributed by atoms with Crippen LogP contribution in [0.15, 0.2) is 11.8 Å². The first-order valence-corrected chi connectivity index (χ1v) is 17.2. The quantitative estimate of drug-likeness (QED) is 0.638. The lowest BCUT2D eigenvalue weighted by Crippen LogP contribution is -2.71. The van der Waals surface area contributed by atoms with E-state index in [2.05, 4.69) is 51.1 Å². The third-order valence-corrected chi connectivity index (χ3v) is 43.4. The van der Waals surface area contributed by atoms with E-state index in [4.69, 9.17) is 0 Å². The molecule has 0 aliphatic carbocycles. The Balaban J connectivity index is 3.15. The van der Waals surface area contributed by atoms with Crippen LogP contribution in [0.2, 0.25) is 45.3 Å². The largest absolute Gasteiger partial charge is 0.103 e. The van der Waals surface area contributed by atoms with Crippen LogP contribution in [0.4, 0.5) is 0 Å². The minimum atomic E-state index is -0.989. The molecule has 0 unspecified atom stereocenters. The van der Waals surface area contributed by atoms with Gasteiger partial charge in [-0.05, 0) is 6.42 Å². The summed E-state index contributed by atoms with van der Waals surface area (Å²) in [6, 6.07) is 1.61. The summed E-state index contributed by atoms with van der Waals surface area (Å²) in [5.74, 6) is 0. The van der Waals surface area contributed by atoms with Crippen LogP contribution in [-0.4, -0.2) is 22.3 Å². The Morgan fingerprint density at radius 3 is 1.64 bits per heavy atom. The van der Waals surface area contributed by atoms with Gasteiger partial charge in [0.25, 0.3) is 0 Å². The van der Waals surface area contributed by atoms with E-state index in [1.165, 1.54) is 12.8 Å². The molecule has 1 rings (SSSR count). The number of rotatable bonds is 2. The summed E-state index contributed by atoms with van der Waals surface area (Å²) in [7, 11) is -2.85. The lowest BCUT2D eigenvalue weighted by molar-refractivity contribution is 0.931. The summed E-state index contributed by atoms with van der Waals surface area (Å²) in [5.41, 5.74) is 2.76. The molecular weight excluding hydrogens is 216 g/mol. The molecule has 0 aromatic carbocycles. The van der Waals surface area contributed by atoms with Crippen LogP contribution in [0, 0.1) is 0 Å². The van der Waals surface area contributed by atoms with Gasteiger partial charge in [0.05, 0.1) is 7.11 Å². The van der Waals surface area contributed by atoms with Gasteiger partial charge >= 0.3 is 0 Å². The molecule has 14 heavy (non-hydrogen) atoms. The van der Waals surface area contributed by atoms with Crippen LogP contribution < -0.4 is 0 Å². The summed E-state index contributed by atoms with van der Waals surface area (Å²) in [6.45, 7) is 15.7. The average Bonchev–Trinajstić information content (AvgIpc) is 2.02. The molecule has 0 saturated heterocycles. The Morgan fingerprint density at radius 2 is 1.43 bits per heavy atom. The first-order chi connectivity index (χ1) is 6.21. The highest BCUT2D eigenvalue weighted by molar-refractivity contribution is 7.70. The summed E-state index contributed by atoms with van der Waals surface area (Å²) in [6.07, 6.45) is 5.35. The van der Waals surface area contributed by atoms with E-state index in [9.17, 15) is 0 Å². The van der Waals surface area contributed by atoms with Crippen molar-refractivity contribution in [1.29, 1.82) is 0 Å². The molecule has 0 N–H and O–H groups in total. The third-order valence-electron chi connectivity index (χ3n) is 4.02. The van der Waals surface area contributed by atoms with Gasteiger partial charge in [0.1, 0.15) is 0 Å². The van der Waals surface area contributed by atoms with Crippen LogP contribution in [-0.2, 0) is 0 Å². The van der Waals surface area contributed by atoms with Gasteiger partial charge < -0.3 is 0 Å². The maximum Gasteiger partial charge on any atom is 0.0642 e. The zero-order valence-corrected chi connectivity index (χ0v) is 13.8. The molecule has 3 heteroatoms. The first-order valence-electron chi connectivity index (χ1n) is 5.88. The topological polar surface area (TPSA) is 0 Å². The van der Waals surface area contributed by atoms with Gasteiger partial charge in [-0.1, -0.05) is 57.8 Å². The molecule has 0 bridgehead atoms. The summed E-state index contributed by atoms with van der Waals surface area (Å²) in [5, 5.41) is 0. The predicted molar refractivity (Wildman–Crippen MR) is 75.6 cm³/mol. The maximum absolute atomic E-state index is 2.76. The van der Waals surface area contributed by atoms with Crippen molar-refractivity contribution in [1.82, 2.24) is 0 Å². The van der Waals surface area contributed by atoms with E-state index in [1.54, 1.807) is 6.04 Å². The molecule has 0 amide bonds. The van der Waals surface area contributed by atoms with E-state index >= 15 is 0 Å². The van der Waals surface area contributed by atoms with Crippen molar-refractivity contribution < 1.29 is 0 Å². The fourth-order valence-corrected chi connectivity index (χ4v) is 45.8. The second-order valence-electron chi connectivity index (χ2n) is 6.77. The van der Waals surface area contributed by atoms with E-state index in [1.807, 2.05) is 0 Å². The summed E-state index contributed by atoms with van der Waals surface area (Å²) in [4.78, 5) is 0. The standard InChI is InChI=1S/C11H26Si3/c1-12(2,3)14(13(4,5)6)10-8-7-9-11-14/h8,10H,7,9,11H2,1-6H3. The average molecular weight is 243 g/mol. The first kappa shape index (κ1) is 12.5. The summed E-state index contributed by atoms with van der Waals surface area (Å²) >= 11 is 0. The van der Waals surface area contributed by atoms with Crippen molar-refractivity contribution in [2.24, 2.45) is 0 Å². The minimum absolute atomic E-state index is 0.928. The van der Waals surface area contributed by atoms with Crippen LogP contribution in [0.25, 0.3) is 0 Å². The van der Waals surface area contributed by atoms with Crippen molar-refractivity contribution in [3.05, 3.63) is 11.8 Å². The monoisotopic (exact) mass is 242 g/mol. The van der Waals surface area contributed by atoms with E-state index in [-0.39, 0.29) is 0 Å². The molecular formula is C11H26Si3. The second kappa shape index (κ2) is 3.76. The Hall–Kier alpha value is 0.391. The van der Waals surface area contributed by atoms with E-state index in [0.29, 0.717) is 0 Å². The SMILES string of the molecule is C[Si](C)(C)[Si]1([Si](C)(C)C)C=CCCC1. The molecule has 1 heterocycles. The second-order valence-corrected chi connectivity index (χ2v) is 34.4. The van der Waals surface area contributed by atoms with Crippen molar-refractivity contribution >= 4 is 22.3 Å². The smallest absolute Gasteiger partial charge is 0.0642 e. The van der Waals surface area contributed by atoms with Crippen molar-refractivity contribution in [2.75, 3.05) is 0 Å². The molecule has 0 fully saturated rings. The minimum Gasteiger partial charge on any atom is -0.103 e. The number of hydrogen-bond acceptors (Lipinski definition) is 0. The van der Waals surface area contributed by atoms with E-state index < -0.39 is 22.3 Å². The maximum atomic E-state index is 2.76. The van der Waals surface area contributed by atoms with Gasteiger partial charge in [-0.15, -0.1) is 5.70 Å². The molecule has 0 nitrogen and oxygen atoms in total. The van der Waals surface area contributed by atoms with Crippen molar-refractivity contribution in [2.45, 2.75) is 58.2 Å².